The Balaban J connectivity index is 1.35. The van der Waals surface area contributed by atoms with Crippen LogP contribution < -0.4 is 15.1 Å². The van der Waals surface area contributed by atoms with Crippen molar-refractivity contribution in [3.63, 3.8) is 0 Å². The van der Waals surface area contributed by atoms with Gasteiger partial charge in [-0.25, -0.2) is 19.0 Å². The predicted octanol–water partition coefficient (Wildman–Crippen LogP) is 4.84. The number of ether oxygens (including phenoxy) is 1. The Bertz CT molecular complexity index is 1440. The monoisotopic (exact) mass is 537 g/mol. The number of rotatable bonds is 2. The molecule has 3 aromatic rings. The van der Waals surface area contributed by atoms with Crippen LogP contribution in [0, 0.1) is 12.7 Å². The van der Waals surface area contributed by atoms with Crippen LogP contribution in [-0.2, 0) is 18.2 Å². The van der Waals surface area contributed by atoms with Crippen LogP contribution >= 0.6 is 0 Å². The van der Waals surface area contributed by atoms with E-state index in [0.717, 1.165) is 16.6 Å². The molecule has 2 aliphatic rings. The van der Waals surface area contributed by atoms with Crippen molar-refractivity contribution in [2.24, 2.45) is 7.05 Å². The molecule has 1 fully saturated rings. The average Bonchev–Trinajstić information content (AvgIpc) is 3.43. The molecule has 5 rings (SSSR count). The first-order chi connectivity index (χ1) is 18.3. The number of halogens is 1. The lowest BCUT2D eigenvalue weighted by molar-refractivity contribution is 0.00565. The van der Waals surface area contributed by atoms with Gasteiger partial charge in [-0.15, -0.1) is 0 Å². The number of aryl methyl sites for hydroxylation is 2. The van der Waals surface area contributed by atoms with Gasteiger partial charge in [0.05, 0.1) is 23.3 Å². The quantitative estimate of drug-likeness (QED) is 0.502. The van der Waals surface area contributed by atoms with Gasteiger partial charge in [0.2, 0.25) is 0 Å². The molecule has 0 bridgehead atoms. The zero-order chi connectivity index (χ0) is 28.2. The van der Waals surface area contributed by atoms with Crippen LogP contribution in [0.5, 0.6) is 0 Å². The van der Waals surface area contributed by atoms with E-state index in [1.54, 1.807) is 46.9 Å². The van der Waals surface area contributed by atoms with Crippen molar-refractivity contribution in [3.05, 3.63) is 41.5 Å². The van der Waals surface area contributed by atoms with Gasteiger partial charge < -0.3 is 15.0 Å². The molecule has 0 aliphatic carbocycles. The standard InChI is InChI=1S/C28H36FN7O3/c1-16-13-34(14-17(2)36(16)27(38)39-28(4,5)6)22-8-10-30-25-20(22)9-11-35(25)26(37)31-21-12-19-15-33(7)32-24(19)18(3)23(21)29/h8,10,12,15-17H,9,11,13-14H2,1-7H3,(H,31,37)/t16-,17+. The van der Waals surface area contributed by atoms with Gasteiger partial charge in [-0.2, -0.15) is 5.10 Å². The van der Waals surface area contributed by atoms with Crippen LogP contribution in [0.1, 0.15) is 45.7 Å². The fourth-order valence-corrected chi connectivity index (χ4v) is 5.66. The van der Waals surface area contributed by atoms with Gasteiger partial charge >= 0.3 is 12.1 Å². The number of aromatic nitrogens is 3. The lowest BCUT2D eigenvalue weighted by Crippen LogP contribution is -2.59. The van der Waals surface area contributed by atoms with Crippen molar-refractivity contribution in [3.8, 4) is 0 Å². The van der Waals surface area contributed by atoms with Gasteiger partial charge in [0.25, 0.3) is 0 Å². The third-order valence-electron chi connectivity index (χ3n) is 7.28. The average molecular weight is 538 g/mol. The minimum atomic E-state index is -0.561. The molecule has 0 spiro atoms. The zero-order valence-corrected chi connectivity index (χ0v) is 23.6. The highest BCUT2D eigenvalue weighted by molar-refractivity contribution is 6.04. The third-order valence-corrected chi connectivity index (χ3v) is 7.28. The number of carbonyl (C=O) groups excluding carboxylic acids is 2. The fraction of sp³-hybridized carbons (Fsp3) is 0.500. The number of nitrogens with zero attached hydrogens (tertiary/aromatic N) is 6. The Morgan fingerprint density at radius 3 is 2.54 bits per heavy atom. The number of hydrogen-bond acceptors (Lipinski definition) is 6. The van der Waals surface area contributed by atoms with Crippen molar-refractivity contribution >= 4 is 40.2 Å². The summed E-state index contributed by atoms with van der Waals surface area (Å²) < 4.78 is 22.4. The number of amides is 3. The van der Waals surface area contributed by atoms with Crippen LogP contribution in [0.3, 0.4) is 0 Å². The van der Waals surface area contributed by atoms with E-state index in [4.69, 9.17) is 4.74 Å². The molecule has 1 saturated heterocycles. The molecule has 4 heterocycles. The number of benzene rings is 1. The molecule has 3 amide bonds. The van der Waals surface area contributed by atoms with Gasteiger partial charge in [0.1, 0.15) is 11.4 Å². The number of nitrogens with one attached hydrogen (secondary N) is 1. The third kappa shape index (κ3) is 4.97. The minimum absolute atomic E-state index is 0.0678. The van der Waals surface area contributed by atoms with Gasteiger partial charge in [-0.1, -0.05) is 0 Å². The molecule has 208 valence electrons. The largest absolute Gasteiger partial charge is 0.444 e. The highest BCUT2D eigenvalue weighted by Crippen LogP contribution is 2.36. The van der Waals surface area contributed by atoms with Crippen molar-refractivity contribution < 1.29 is 18.7 Å². The van der Waals surface area contributed by atoms with E-state index in [9.17, 15) is 9.59 Å². The number of pyridine rings is 1. The first-order valence-electron chi connectivity index (χ1n) is 13.3. The molecule has 1 aromatic carbocycles. The van der Waals surface area contributed by atoms with Crippen LogP contribution in [0.25, 0.3) is 10.9 Å². The molecule has 39 heavy (non-hydrogen) atoms. The second-order valence-corrected chi connectivity index (χ2v) is 11.6. The Morgan fingerprint density at radius 2 is 1.87 bits per heavy atom. The molecule has 1 N–H and O–H groups in total. The summed E-state index contributed by atoms with van der Waals surface area (Å²) in [6, 6.07) is 3.00. The van der Waals surface area contributed by atoms with Crippen molar-refractivity contribution in [2.75, 3.05) is 34.8 Å². The first-order valence-corrected chi connectivity index (χ1v) is 13.3. The topological polar surface area (TPSA) is 95.8 Å². The Kier molecular flexibility index (Phi) is 6.64. The Morgan fingerprint density at radius 1 is 1.18 bits per heavy atom. The molecule has 0 saturated carbocycles. The smallest absolute Gasteiger partial charge is 0.410 e. The predicted molar refractivity (Wildman–Crippen MR) is 149 cm³/mol. The molecule has 11 heteroatoms. The number of urea groups is 1. The lowest BCUT2D eigenvalue weighted by Gasteiger charge is -2.45. The van der Waals surface area contributed by atoms with E-state index in [2.05, 4.69) is 20.3 Å². The molecule has 2 aliphatic heterocycles. The molecule has 10 nitrogen and oxygen atoms in total. The minimum Gasteiger partial charge on any atom is -0.444 e. The summed E-state index contributed by atoms with van der Waals surface area (Å²) in [5.74, 6) is 0.0703. The number of carbonyl (C=O) groups is 2. The molecule has 0 unspecified atom stereocenters. The first kappa shape index (κ1) is 26.7. The van der Waals surface area contributed by atoms with Crippen molar-refractivity contribution in [1.29, 1.82) is 0 Å². The Hall–Kier alpha value is -3.89. The normalized spacial score (nSPS) is 19.4. The summed E-state index contributed by atoms with van der Waals surface area (Å²) >= 11 is 0. The van der Waals surface area contributed by atoms with Gasteiger partial charge in [-0.05, 0) is 60.1 Å². The van der Waals surface area contributed by atoms with Crippen molar-refractivity contribution in [2.45, 2.75) is 65.6 Å². The second-order valence-electron chi connectivity index (χ2n) is 11.6. The van der Waals surface area contributed by atoms with Crippen LogP contribution in [0.4, 0.5) is 31.2 Å². The summed E-state index contributed by atoms with van der Waals surface area (Å²) in [5, 5.41) is 7.81. The van der Waals surface area contributed by atoms with E-state index >= 15 is 4.39 Å². The van der Waals surface area contributed by atoms with Crippen LogP contribution in [0.2, 0.25) is 0 Å². The van der Waals surface area contributed by atoms with Crippen LogP contribution in [-0.4, -0.2) is 69.1 Å². The highest BCUT2D eigenvalue weighted by Gasteiger charge is 2.38. The lowest BCUT2D eigenvalue weighted by atomic mass is 10.1. The highest BCUT2D eigenvalue weighted by atomic mass is 19.1. The van der Waals surface area contributed by atoms with E-state index in [0.29, 0.717) is 43.0 Å². The maximum absolute atomic E-state index is 15.1. The van der Waals surface area contributed by atoms with Crippen LogP contribution in [0.15, 0.2) is 24.5 Å². The second kappa shape index (κ2) is 9.69. The number of hydrogen-bond donors (Lipinski definition) is 1. The summed E-state index contributed by atoms with van der Waals surface area (Å²) in [7, 11) is 1.78. The Labute approximate surface area is 227 Å². The fourth-order valence-electron chi connectivity index (χ4n) is 5.66. The van der Waals surface area contributed by atoms with Gasteiger partial charge in [0.15, 0.2) is 5.82 Å². The van der Waals surface area contributed by atoms with Gasteiger partial charge in [-0.3, -0.25) is 14.5 Å². The number of fused-ring (bicyclic) bond motifs is 2. The summed E-state index contributed by atoms with van der Waals surface area (Å²) in [5.41, 5.74) is 2.48. The van der Waals surface area contributed by atoms with E-state index in [1.807, 2.05) is 40.7 Å². The van der Waals surface area contributed by atoms with E-state index in [1.165, 1.54) is 0 Å². The number of anilines is 3. The SMILES string of the molecule is Cc1c(F)c(NC(=O)N2CCc3c(N4C[C@@H](C)N(C(=O)OC(C)(C)C)[C@@H](C)C4)ccnc32)cc2cn(C)nc12. The molecule has 2 aromatic heterocycles. The molecule has 0 radical (unpaired) electrons. The summed E-state index contributed by atoms with van der Waals surface area (Å²) in [4.78, 5) is 36.3. The summed E-state index contributed by atoms with van der Waals surface area (Å²) in [6.07, 6.45) is 3.81. The molecular formula is C28H36FN7O3. The molecular weight excluding hydrogens is 501 g/mol. The zero-order valence-electron chi connectivity index (χ0n) is 23.6. The summed E-state index contributed by atoms with van der Waals surface area (Å²) in [6.45, 7) is 13.0. The maximum atomic E-state index is 15.1. The maximum Gasteiger partial charge on any atom is 0.410 e. The van der Waals surface area contributed by atoms with Gasteiger partial charge in [0, 0.05) is 61.3 Å². The molecule has 2 atom stereocenters. The van der Waals surface area contributed by atoms with Crippen molar-refractivity contribution in [1.82, 2.24) is 19.7 Å². The number of piperazine rings is 1. The van der Waals surface area contributed by atoms with E-state index < -0.39 is 17.4 Å². The van der Waals surface area contributed by atoms with E-state index in [-0.39, 0.29) is 23.9 Å².